The maximum atomic E-state index is 13.8. The van der Waals surface area contributed by atoms with E-state index in [1.54, 1.807) is 24.4 Å². The fraction of sp³-hybridized carbons (Fsp3) is 0.417. The summed E-state index contributed by atoms with van der Waals surface area (Å²) >= 11 is 0. The molecule has 5 rings (SSSR count). The van der Waals surface area contributed by atoms with Gasteiger partial charge in [0.15, 0.2) is 0 Å². The Morgan fingerprint density at radius 1 is 1.21 bits per heavy atom. The number of methoxy groups -OCH3 is 1. The number of likely N-dealkylation sites (tertiary alicyclic amines) is 1. The number of nitrogens with one attached hydrogen (secondary N) is 1. The lowest BCUT2D eigenvalue weighted by molar-refractivity contribution is 0.0825. The van der Waals surface area contributed by atoms with Crippen LogP contribution in [0.5, 0.6) is 5.75 Å². The van der Waals surface area contributed by atoms with E-state index in [1.165, 1.54) is 0 Å². The molecule has 2 aromatic heterocycles. The Hall–Kier alpha value is -3.46. The third-order valence-corrected chi connectivity index (χ3v) is 6.90. The molecule has 2 aliphatic heterocycles. The highest BCUT2D eigenvalue weighted by Gasteiger charge is 2.51. The number of hydrogen-bond acceptors (Lipinski definition) is 6. The lowest BCUT2D eigenvalue weighted by Crippen LogP contribution is -2.53. The number of ether oxygens (including phenoxy) is 1. The zero-order chi connectivity index (χ0) is 23.0. The standard InChI is InChI=1S/C24H29N7O2/c1-17-21(19-12-26-27-13-19)14-25-22(28-17)30-16-24(7-9-29(2)10-8-24)31(23(30)32)15-18-5-4-6-20(11-18)33-3/h4-6,11-14H,7-10,15-16H2,1-3H3,(H,26,27). The summed E-state index contributed by atoms with van der Waals surface area (Å²) in [6.07, 6.45) is 7.18. The highest BCUT2D eigenvalue weighted by molar-refractivity contribution is 5.94. The molecule has 0 saturated carbocycles. The maximum absolute atomic E-state index is 13.8. The van der Waals surface area contributed by atoms with E-state index in [1.807, 2.05) is 42.3 Å². The third-order valence-electron chi connectivity index (χ3n) is 6.90. The highest BCUT2D eigenvalue weighted by atomic mass is 16.5. The lowest BCUT2D eigenvalue weighted by Gasteiger charge is -2.42. The normalized spacial score (nSPS) is 18.3. The van der Waals surface area contributed by atoms with Crippen molar-refractivity contribution in [3.8, 4) is 16.9 Å². The predicted octanol–water partition coefficient (Wildman–Crippen LogP) is 3.09. The largest absolute Gasteiger partial charge is 0.497 e. The zero-order valence-corrected chi connectivity index (χ0v) is 19.3. The molecule has 1 N–H and O–H groups in total. The molecule has 1 spiro atoms. The Kier molecular flexibility index (Phi) is 5.49. The molecule has 9 nitrogen and oxygen atoms in total. The summed E-state index contributed by atoms with van der Waals surface area (Å²) in [6.45, 7) is 4.97. The topological polar surface area (TPSA) is 90.5 Å². The number of amides is 2. The van der Waals surface area contributed by atoms with Crippen molar-refractivity contribution in [3.05, 3.63) is 54.1 Å². The molecule has 9 heteroatoms. The Morgan fingerprint density at radius 2 is 2.03 bits per heavy atom. The second-order valence-electron chi connectivity index (χ2n) is 8.99. The summed E-state index contributed by atoms with van der Waals surface area (Å²) in [7, 11) is 3.79. The van der Waals surface area contributed by atoms with Gasteiger partial charge in [0.2, 0.25) is 5.95 Å². The van der Waals surface area contributed by atoms with Gasteiger partial charge in [-0.1, -0.05) is 12.1 Å². The number of piperidine rings is 1. The van der Waals surface area contributed by atoms with Crippen molar-refractivity contribution in [1.82, 2.24) is 30.0 Å². The first kappa shape index (κ1) is 21.4. The smallest absolute Gasteiger partial charge is 0.327 e. The molecule has 0 aliphatic carbocycles. The summed E-state index contributed by atoms with van der Waals surface area (Å²) in [5.74, 6) is 1.25. The van der Waals surface area contributed by atoms with Crippen LogP contribution in [0.3, 0.4) is 0 Å². The van der Waals surface area contributed by atoms with E-state index >= 15 is 0 Å². The zero-order valence-electron chi connectivity index (χ0n) is 19.3. The Labute approximate surface area is 193 Å². The first-order chi connectivity index (χ1) is 16.0. The van der Waals surface area contributed by atoms with Crippen molar-refractivity contribution in [1.29, 1.82) is 0 Å². The SMILES string of the molecule is COc1cccc(CN2C(=O)N(c3ncc(-c4cn[nH]c4)c(C)n3)CC23CCN(C)CC3)c1. The van der Waals surface area contributed by atoms with Crippen LogP contribution in [0.4, 0.5) is 10.7 Å². The van der Waals surface area contributed by atoms with Crippen molar-refractivity contribution in [3.63, 3.8) is 0 Å². The Bertz CT molecular complexity index is 1140. The van der Waals surface area contributed by atoms with E-state index < -0.39 is 0 Å². The van der Waals surface area contributed by atoms with Crippen LogP contribution in [-0.2, 0) is 6.54 Å². The van der Waals surface area contributed by atoms with Crippen LogP contribution < -0.4 is 9.64 Å². The molecule has 1 aromatic carbocycles. The van der Waals surface area contributed by atoms with Gasteiger partial charge in [0.05, 0.1) is 31.1 Å². The van der Waals surface area contributed by atoms with E-state index in [-0.39, 0.29) is 11.6 Å². The number of benzene rings is 1. The number of urea groups is 1. The predicted molar refractivity (Wildman–Crippen MR) is 125 cm³/mol. The first-order valence-corrected chi connectivity index (χ1v) is 11.2. The van der Waals surface area contributed by atoms with Gasteiger partial charge in [0.1, 0.15) is 5.75 Å². The molecular formula is C24H29N7O2. The van der Waals surface area contributed by atoms with Crippen LogP contribution in [0.15, 0.2) is 42.9 Å². The van der Waals surface area contributed by atoms with E-state index in [0.717, 1.165) is 54.1 Å². The molecular weight excluding hydrogens is 418 g/mol. The molecule has 172 valence electrons. The van der Waals surface area contributed by atoms with Gasteiger partial charge in [0.25, 0.3) is 0 Å². The van der Waals surface area contributed by atoms with Crippen LogP contribution in [0.25, 0.3) is 11.1 Å². The van der Waals surface area contributed by atoms with Crippen molar-refractivity contribution >= 4 is 12.0 Å². The van der Waals surface area contributed by atoms with Gasteiger partial charge in [-0.25, -0.2) is 14.8 Å². The number of anilines is 1. The molecule has 0 unspecified atom stereocenters. The van der Waals surface area contributed by atoms with E-state index in [4.69, 9.17) is 9.72 Å². The van der Waals surface area contributed by atoms with Gasteiger partial charge in [-0.15, -0.1) is 0 Å². The van der Waals surface area contributed by atoms with Gasteiger partial charge in [0, 0.05) is 43.2 Å². The lowest BCUT2D eigenvalue weighted by atomic mass is 9.86. The monoisotopic (exact) mass is 447 g/mol. The molecule has 0 radical (unpaired) electrons. The van der Waals surface area contributed by atoms with Gasteiger partial charge in [-0.05, 0) is 44.5 Å². The quantitative estimate of drug-likeness (QED) is 0.646. The van der Waals surface area contributed by atoms with Crippen molar-refractivity contribution in [2.45, 2.75) is 31.8 Å². The fourth-order valence-corrected chi connectivity index (χ4v) is 4.87. The summed E-state index contributed by atoms with van der Waals surface area (Å²) in [5.41, 5.74) is 3.46. The van der Waals surface area contributed by atoms with Crippen LogP contribution in [0.2, 0.25) is 0 Å². The summed E-state index contributed by atoms with van der Waals surface area (Å²) in [5, 5.41) is 6.83. The van der Waals surface area contributed by atoms with Crippen molar-refractivity contribution in [2.24, 2.45) is 0 Å². The maximum Gasteiger partial charge on any atom is 0.327 e. The van der Waals surface area contributed by atoms with Gasteiger partial charge >= 0.3 is 6.03 Å². The minimum absolute atomic E-state index is 0.0437. The number of aromatic nitrogens is 4. The summed E-state index contributed by atoms with van der Waals surface area (Å²) in [6, 6.07) is 7.89. The number of aromatic amines is 1. The number of carbonyl (C=O) groups is 1. The first-order valence-electron chi connectivity index (χ1n) is 11.2. The van der Waals surface area contributed by atoms with Gasteiger partial charge < -0.3 is 14.5 Å². The molecule has 2 aliphatic rings. The average Bonchev–Trinajstić information content (AvgIpc) is 3.45. The number of aryl methyl sites for hydroxylation is 1. The Balaban J connectivity index is 1.47. The van der Waals surface area contributed by atoms with Crippen molar-refractivity contribution in [2.75, 3.05) is 38.7 Å². The second-order valence-corrected chi connectivity index (χ2v) is 8.99. The molecule has 33 heavy (non-hydrogen) atoms. The molecule has 2 amide bonds. The Morgan fingerprint density at radius 3 is 2.73 bits per heavy atom. The number of nitrogens with zero attached hydrogens (tertiary/aromatic N) is 6. The minimum atomic E-state index is -0.243. The number of H-pyrrole nitrogens is 1. The van der Waals surface area contributed by atoms with Crippen LogP contribution in [-0.4, -0.2) is 75.3 Å². The highest BCUT2D eigenvalue weighted by Crippen LogP contribution is 2.39. The van der Waals surface area contributed by atoms with Crippen LogP contribution in [0.1, 0.15) is 24.1 Å². The molecule has 0 bridgehead atoms. The van der Waals surface area contributed by atoms with Gasteiger partial charge in [-0.3, -0.25) is 10.00 Å². The molecule has 4 heterocycles. The number of carbonyl (C=O) groups excluding carboxylic acids is 1. The number of hydrogen-bond donors (Lipinski definition) is 1. The number of rotatable bonds is 5. The summed E-state index contributed by atoms with van der Waals surface area (Å²) < 4.78 is 5.40. The van der Waals surface area contributed by atoms with Crippen LogP contribution >= 0.6 is 0 Å². The molecule has 2 saturated heterocycles. The molecule has 3 aromatic rings. The summed E-state index contributed by atoms with van der Waals surface area (Å²) in [4.78, 5) is 29.2. The minimum Gasteiger partial charge on any atom is -0.497 e. The van der Waals surface area contributed by atoms with Gasteiger partial charge in [-0.2, -0.15) is 5.10 Å². The van der Waals surface area contributed by atoms with Crippen molar-refractivity contribution < 1.29 is 9.53 Å². The second kappa shape index (κ2) is 8.47. The van der Waals surface area contributed by atoms with E-state index in [2.05, 4.69) is 27.1 Å². The third kappa shape index (κ3) is 3.93. The van der Waals surface area contributed by atoms with E-state index in [0.29, 0.717) is 19.0 Å². The fourth-order valence-electron chi connectivity index (χ4n) is 4.87. The van der Waals surface area contributed by atoms with E-state index in [9.17, 15) is 4.79 Å². The average molecular weight is 448 g/mol. The molecule has 2 fully saturated rings. The van der Waals surface area contributed by atoms with Crippen LogP contribution in [0, 0.1) is 6.92 Å². The molecule has 0 atom stereocenters.